The molecule has 3 nitrogen and oxygen atoms in total. The monoisotopic (exact) mass is 326 g/mol. The molecule has 0 aromatic heterocycles. The molecule has 0 bridgehead atoms. The van der Waals surface area contributed by atoms with Crippen molar-refractivity contribution in [1.82, 2.24) is 0 Å². The summed E-state index contributed by atoms with van der Waals surface area (Å²) < 4.78 is 32.1. The molecule has 0 fully saturated rings. The van der Waals surface area contributed by atoms with Gasteiger partial charge in [0.1, 0.15) is 0 Å². The van der Waals surface area contributed by atoms with E-state index in [-0.39, 0.29) is 10.8 Å². The highest BCUT2D eigenvalue weighted by atomic mass is 32.2. The van der Waals surface area contributed by atoms with Gasteiger partial charge >= 0.3 is 0 Å². The van der Waals surface area contributed by atoms with E-state index in [1.165, 1.54) is 51.0 Å². The van der Waals surface area contributed by atoms with Crippen LogP contribution in [-0.2, 0) is 10.1 Å². The third-order valence-electron chi connectivity index (χ3n) is 4.22. The average Bonchev–Trinajstić information content (AvgIpc) is 2.49. The van der Waals surface area contributed by atoms with Crippen molar-refractivity contribution in [2.75, 3.05) is 0 Å². The minimum Gasteiger partial charge on any atom is -0.282 e. The zero-order valence-electron chi connectivity index (χ0n) is 13.9. The first kappa shape index (κ1) is 19.2. The third kappa shape index (κ3) is 6.93. The van der Waals surface area contributed by atoms with Crippen LogP contribution in [-0.4, -0.2) is 13.0 Å². The summed E-state index contributed by atoms with van der Waals surface area (Å²) in [5.41, 5.74) is 0.730. The van der Waals surface area contributed by atoms with Crippen LogP contribution in [0.2, 0.25) is 0 Å². The maximum absolute atomic E-state index is 11.4. The molecule has 0 aliphatic carbocycles. The summed E-state index contributed by atoms with van der Waals surface area (Å²) in [5.74, 6) is 0.151. The SMILES string of the molecule is CCCCCCCCCCC(C)c1ccccc1S(=O)(=O)O. The fraction of sp³-hybridized carbons (Fsp3) is 0.667. The van der Waals surface area contributed by atoms with Crippen molar-refractivity contribution < 1.29 is 13.0 Å². The summed E-state index contributed by atoms with van der Waals surface area (Å²) in [7, 11) is -4.13. The van der Waals surface area contributed by atoms with Gasteiger partial charge in [0.2, 0.25) is 0 Å². The Bertz CT molecular complexity index is 523. The lowest BCUT2D eigenvalue weighted by Gasteiger charge is -2.14. The first-order valence-electron chi connectivity index (χ1n) is 8.53. The molecule has 1 atom stereocenters. The van der Waals surface area contributed by atoms with Gasteiger partial charge in [0.15, 0.2) is 0 Å². The minimum atomic E-state index is -4.13. The predicted octanol–water partition coefficient (Wildman–Crippen LogP) is 5.57. The standard InChI is InChI=1S/C18H30O3S/c1-3-4-5-6-7-8-9-10-13-16(2)17-14-11-12-15-18(17)22(19,20)21/h11-12,14-16H,3-10,13H2,1-2H3,(H,19,20,21). The first-order chi connectivity index (χ1) is 10.5. The molecule has 22 heavy (non-hydrogen) atoms. The lowest BCUT2D eigenvalue weighted by Crippen LogP contribution is -2.05. The molecular formula is C18H30O3S. The van der Waals surface area contributed by atoms with Gasteiger partial charge in [-0.05, 0) is 24.0 Å². The van der Waals surface area contributed by atoms with Crippen LogP contribution >= 0.6 is 0 Å². The molecule has 0 saturated carbocycles. The van der Waals surface area contributed by atoms with Crippen LogP contribution in [0, 0.1) is 0 Å². The van der Waals surface area contributed by atoms with Gasteiger partial charge in [-0.2, -0.15) is 8.42 Å². The van der Waals surface area contributed by atoms with E-state index >= 15 is 0 Å². The quantitative estimate of drug-likeness (QED) is 0.427. The van der Waals surface area contributed by atoms with E-state index in [1.54, 1.807) is 12.1 Å². The van der Waals surface area contributed by atoms with E-state index in [0.717, 1.165) is 18.4 Å². The van der Waals surface area contributed by atoms with Crippen LogP contribution in [0.1, 0.15) is 83.1 Å². The number of hydrogen-bond acceptors (Lipinski definition) is 2. The largest absolute Gasteiger partial charge is 0.294 e. The molecular weight excluding hydrogens is 296 g/mol. The van der Waals surface area contributed by atoms with Gasteiger partial charge in [-0.25, -0.2) is 0 Å². The molecule has 0 heterocycles. The molecule has 4 heteroatoms. The summed E-state index contributed by atoms with van der Waals surface area (Å²) in [4.78, 5) is 0.0575. The first-order valence-corrected chi connectivity index (χ1v) is 9.97. The fourth-order valence-corrected chi connectivity index (χ4v) is 3.68. The lowest BCUT2D eigenvalue weighted by atomic mass is 9.94. The van der Waals surface area contributed by atoms with E-state index in [2.05, 4.69) is 6.92 Å². The molecule has 1 rings (SSSR count). The summed E-state index contributed by atoms with van der Waals surface area (Å²) in [6.07, 6.45) is 11.1. The van der Waals surface area contributed by atoms with Gasteiger partial charge in [-0.1, -0.05) is 83.4 Å². The van der Waals surface area contributed by atoms with E-state index in [1.807, 2.05) is 13.0 Å². The number of benzene rings is 1. The summed E-state index contributed by atoms with van der Waals surface area (Å²) in [6.45, 7) is 4.26. The fourth-order valence-electron chi connectivity index (χ4n) is 2.86. The van der Waals surface area contributed by atoms with E-state index in [0.29, 0.717) is 0 Å². The third-order valence-corrected chi connectivity index (χ3v) is 5.15. The van der Waals surface area contributed by atoms with Crippen molar-refractivity contribution in [1.29, 1.82) is 0 Å². The molecule has 0 aliphatic heterocycles. The second kappa shape index (κ2) is 10.0. The van der Waals surface area contributed by atoms with Crippen LogP contribution in [0.4, 0.5) is 0 Å². The number of hydrogen-bond donors (Lipinski definition) is 1. The van der Waals surface area contributed by atoms with Crippen LogP contribution in [0.5, 0.6) is 0 Å². The molecule has 0 saturated heterocycles. The van der Waals surface area contributed by atoms with Crippen molar-refractivity contribution in [3.05, 3.63) is 29.8 Å². The van der Waals surface area contributed by atoms with Crippen LogP contribution in [0.15, 0.2) is 29.2 Å². The highest BCUT2D eigenvalue weighted by Gasteiger charge is 2.18. The Morgan fingerprint density at radius 1 is 0.955 bits per heavy atom. The Labute approximate surface area is 135 Å². The zero-order valence-corrected chi connectivity index (χ0v) is 14.7. The van der Waals surface area contributed by atoms with Gasteiger partial charge in [-0.3, -0.25) is 4.55 Å². The van der Waals surface area contributed by atoms with E-state index in [9.17, 15) is 13.0 Å². The van der Waals surface area contributed by atoms with Crippen molar-refractivity contribution in [3.8, 4) is 0 Å². The van der Waals surface area contributed by atoms with E-state index in [4.69, 9.17) is 0 Å². The maximum atomic E-state index is 11.4. The van der Waals surface area contributed by atoms with Gasteiger partial charge in [0.25, 0.3) is 10.1 Å². The highest BCUT2D eigenvalue weighted by molar-refractivity contribution is 7.85. The Morgan fingerprint density at radius 3 is 2.09 bits per heavy atom. The van der Waals surface area contributed by atoms with E-state index < -0.39 is 10.1 Å². The summed E-state index contributed by atoms with van der Waals surface area (Å²) in [6, 6.07) is 6.76. The van der Waals surface area contributed by atoms with Crippen LogP contribution < -0.4 is 0 Å². The Balaban J connectivity index is 2.36. The molecule has 1 aromatic rings. The van der Waals surface area contributed by atoms with Crippen LogP contribution in [0.25, 0.3) is 0 Å². The smallest absolute Gasteiger partial charge is 0.282 e. The van der Waals surface area contributed by atoms with Crippen LogP contribution in [0.3, 0.4) is 0 Å². The van der Waals surface area contributed by atoms with Gasteiger partial charge in [0, 0.05) is 0 Å². The van der Waals surface area contributed by atoms with Crippen molar-refractivity contribution in [3.63, 3.8) is 0 Å². The molecule has 0 aliphatic rings. The van der Waals surface area contributed by atoms with Crippen molar-refractivity contribution in [2.45, 2.75) is 82.4 Å². The summed E-state index contributed by atoms with van der Waals surface area (Å²) in [5, 5.41) is 0. The van der Waals surface area contributed by atoms with Gasteiger partial charge in [-0.15, -0.1) is 0 Å². The predicted molar refractivity (Wildman–Crippen MR) is 91.9 cm³/mol. The number of rotatable bonds is 11. The topological polar surface area (TPSA) is 54.4 Å². The molecule has 1 unspecified atom stereocenters. The zero-order chi connectivity index (χ0) is 16.4. The molecule has 0 radical (unpaired) electrons. The van der Waals surface area contributed by atoms with Gasteiger partial charge in [0.05, 0.1) is 4.90 Å². The maximum Gasteiger partial charge on any atom is 0.294 e. The molecule has 1 aromatic carbocycles. The molecule has 0 spiro atoms. The molecule has 0 amide bonds. The molecule has 1 N–H and O–H groups in total. The minimum absolute atomic E-state index is 0.0575. The molecule has 126 valence electrons. The van der Waals surface area contributed by atoms with Gasteiger partial charge < -0.3 is 0 Å². The van der Waals surface area contributed by atoms with Crippen molar-refractivity contribution >= 4 is 10.1 Å². The highest BCUT2D eigenvalue weighted by Crippen LogP contribution is 2.28. The lowest BCUT2D eigenvalue weighted by molar-refractivity contribution is 0.479. The normalized spacial score (nSPS) is 13.2. The summed E-state index contributed by atoms with van der Waals surface area (Å²) >= 11 is 0. The average molecular weight is 327 g/mol. The van der Waals surface area contributed by atoms with Crippen molar-refractivity contribution in [2.24, 2.45) is 0 Å². The Kier molecular flexibility index (Phi) is 8.72. The number of unbranched alkanes of at least 4 members (excludes halogenated alkanes) is 7. The second-order valence-corrected chi connectivity index (χ2v) is 7.57. The Hall–Kier alpha value is -0.870. The second-order valence-electron chi connectivity index (χ2n) is 6.18. The Morgan fingerprint density at radius 2 is 1.50 bits per heavy atom.